The van der Waals surface area contributed by atoms with Gasteiger partial charge in [-0.25, -0.2) is 0 Å². The minimum Gasteiger partial charge on any atom is -0.326 e. The SMILES string of the molecule is CC(=O)Nc1ccc(NC(=O)c2cc(C(=O)Nc3ccccc3)ccn2)cc1. The van der Waals surface area contributed by atoms with E-state index in [1.54, 1.807) is 36.4 Å². The van der Waals surface area contributed by atoms with Crippen molar-refractivity contribution >= 4 is 34.8 Å². The molecule has 0 fully saturated rings. The van der Waals surface area contributed by atoms with Gasteiger partial charge in [0.1, 0.15) is 5.69 Å². The zero-order valence-corrected chi connectivity index (χ0v) is 15.1. The first-order valence-corrected chi connectivity index (χ1v) is 8.53. The van der Waals surface area contributed by atoms with Crippen molar-refractivity contribution in [1.82, 2.24) is 4.98 Å². The predicted molar refractivity (Wildman–Crippen MR) is 107 cm³/mol. The number of nitrogens with zero attached hydrogens (tertiary/aromatic N) is 1. The summed E-state index contributed by atoms with van der Waals surface area (Å²) in [7, 11) is 0. The molecule has 0 aliphatic rings. The molecule has 1 aromatic heterocycles. The summed E-state index contributed by atoms with van der Waals surface area (Å²) in [4.78, 5) is 39.9. The Morgan fingerprint density at radius 2 is 1.29 bits per heavy atom. The van der Waals surface area contributed by atoms with Gasteiger partial charge in [0.15, 0.2) is 0 Å². The maximum Gasteiger partial charge on any atom is 0.274 e. The highest BCUT2D eigenvalue weighted by atomic mass is 16.2. The van der Waals surface area contributed by atoms with Gasteiger partial charge in [-0.3, -0.25) is 19.4 Å². The average molecular weight is 374 g/mol. The second kappa shape index (κ2) is 8.59. The van der Waals surface area contributed by atoms with Gasteiger partial charge in [-0.1, -0.05) is 18.2 Å². The van der Waals surface area contributed by atoms with E-state index in [9.17, 15) is 14.4 Å². The number of anilines is 3. The molecule has 140 valence electrons. The van der Waals surface area contributed by atoms with Crippen LogP contribution in [0.5, 0.6) is 0 Å². The largest absolute Gasteiger partial charge is 0.326 e. The normalized spacial score (nSPS) is 10.0. The zero-order valence-electron chi connectivity index (χ0n) is 15.1. The zero-order chi connectivity index (χ0) is 19.9. The number of carbonyl (C=O) groups is 3. The van der Waals surface area contributed by atoms with Crippen molar-refractivity contribution in [2.24, 2.45) is 0 Å². The van der Waals surface area contributed by atoms with Crippen molar-refractivity contribution in [3.05, 3.63) is 84.2 Å². The van der Waals surface area contributed by atoms with Crippen molar-refractivity contribution < 1.29 is 14.4 Å². The van der Waals surface area contributed by atoms with Crippen LogP contribution in [0.4, 0.5) is 17.1 Å². The Balaban J connectivity index is 1.68. The lowest BCUT2D eigenvalue weighted by molar-refractivity contribution is -0.114. The topological polar surface area (TPSA) is 100 Å². The predicted octanol–water partition coefficient (Wildman–Crippen LogP) is 3.54. The van der Waals surface area contributed by atoms with Crippen molar-refractivity contribution in [3.63, 3.8) is 0 Å². The summed E-state index contributed by atoms with van der Waals surface area (Å²) in [6.45, 7) is 1.42. The number of hydrogen-bond donors (Lipinski definition) is 3. The third-order valence-corrected chi connectivity index (χ3v) is 3.75. The number of amides is 3. The number of pyridine rings is 1. The van der Waals surface area contributed by atoms with Crippen molar-refractivity contribution in [2.75, 3.05) is 16.0 Å². The van der Waals surface area contributed by atoms with E-state index in [2.05, 4.69) is 20.9 Å². The molecule has 0 bridgehead atoms. The van der Waals surface area contributed by atoms with Crippen LogP contribution in [0.2, 0.25) is 0 Å². The van der Waals surface area contributed by atoms with Crippen LogP contribution in [-0.4, -0.2) is 22.7 Å². The van der Waals surface area contributed by atoms with Gasteiger partial charge in [-0.2, -0.15) is 0 Å². The first kappa shape index (κ1) is 18.8. The number of benzene rings is 2. The minimum atomic E-state index is -0.443. The van der Waals surface area contributed by atoms with Crippen LogP contribution in [0.1, 0.15) is 27.8 Å². The summed E-state index contributed by atoms with van der Waals surface area (Å²) in [5, 5.41) is 8.12. The van der Waals surface area contributed by atoms with E-state index in [1.165, 1.54) is 25.3 Å². The van der Waals surface area contributed by atoms with Crippen LogP contribution in [0, 0.1) is 0 Å². The second-order valence-corrected chi connectivity index (χ2v) is 5.96. The molecule has 3 rings (SSSR count). The first-order chi connectivity index (χ1) is 13.5. The Morgan fingerprint density at radius 3 is 1.93 bits per heavy atom. The maximum atomic E-state index is 12.4. The van der Waals surface area contributed by atoms with Gasteiger partial charge in [-0.15, -0.1) is 0 Å². The van der Waals surface area contributed by atoms with Gasteiger partial charge in [0.05, 0.1) is 0 Å². The Bertz CT molecular complexity index is 1000. The molecule has 3 aromatic rings. The molecule has 0 saturated carbocycles. The standard InChI is InChI=1S/C21H18N4O3/c1-14(26)23-17-7-9-18(10-8-17)25-21(28)19-13-15(11-12-22-19)20(27)24-16-5-3-2-4-6-16/h2-13H,1H3,(H,23,26)(H,24,27)(H,25,28). The summed E-state index contributed by atoms with van der Waals surface area (Å²) in [6.07, 6.45) is 1.41. The summed E-state index contributed by atoms with van der Waals surface area (Å²) >= 11 is 0. The molecule has 2 aromatic carbocycles. The molecule has 0 unspecified atom stereocenters. The molecule has 0 atom stereocenters. The number of nitrogens with one attached hydrogen (secondary N) is 3. The Hall–Kier alpha value is -4.00. The quantitative estimate of drug-likeness (QED) is 0.636. The average Bonchev–Trinajstić information content (AvgIpc) is 2.70. The molecule has 7 heteroatoms. The van der Waals surface area contributed by atoms with Gasteiger partial charge in [-0.05, 0) is 48.5 Å². The highest BCUT2D eigenvalue weighted by Gasteiger charge is 2.12. The molecular weight excluding hydrogens is 356 g/mol. The van der Waals surface area contributed by atoms with E-state index >= 15 is 0 Å². The molecule has 0 saturated heterocycles. The Labute approximate surface area is 161 Å². The van der Waals surface area contributed by atoms with Gasteiger partial charge in [0.2, 0.25) is 5.91 Å². The molecule has 0 aliphatic carbocycles. The van der Waals surface area contributed by atoms with Crippen LogP contribution in [-0.2, 0) is 4.79 Å². The smallest absolute Gasteiger partial charge is 0.274 e. The molecule has 28 heavy (non-hydrogen) atoms. The monoisotopic (exact) mass is 374 g/mol. The van der Waals surface area contributed by atoms with Gasteiger partial charge in [0, 0.05) is 35.7 Å². The van der Waals surface area contributed by atoms with E-state index < -0.39 is 5.91 Å². The third kappa shape index (κ3) is 5.01. The number of para-hydroxylation sites is 1. The molecule has 1 heterocycles. The van der Waals surface area contributed by atoms with Crippen LogP contribution < -0.4 is 16.0 Å². The van der Waals surface area contributed by atoms with Crippen molar-refractivity contribution in [1.29, 1.82) is 0 Å². The van der Waals surface area contributed by atoms with E-state index in [-0.39, 0.29) is 17.5 Å². The van der Waals surface area contributed by atoms with E-state index in [1.807, 2.05) is 18.2 Å². The molecule has 0 spiro atoms. The number of hydrogen-bond acceptors (Lipinski definition) is 4. The summed E-state index contributed by atoms with van der Waals surface area (Å²) in [5.74, 6) is -0.949. The fourth-order valence-corrected chi connectivity index (χ4v) is 2.46. The molecular formula is C21H18N4O3. The third-order valence-electron chi connectivity index (χ3n) is 3.75. The summed E-state index contributed by atoms with van der Waals surface area (Å²) in [6, 6.07) is 18.7. The van der Waals surface area contributed by atoms with Crippen LogP contribution in [0.15, 0.2) is 72.9 Å². The highest BCUT2D eigenvalue weighted by Crippen LogP contribution is 2.15. The second-order valence-electron chi connectivity index (χ2n) is 5.96. The number of aromatic nitrogens is 1. The minimum absolute atomic E-state index is 0.117. The van der Waals surface area contributed by atoms with Crippen molar-refractivity contribution in [3.8, 4) is 0 Å². The summed E-state index contributed by atoms with van der Waals surface area (Å²) in [5.41, 5.74) is 2.27. The fourth-order valence-electron chi connectivity index (χ4n) is 2.46. The van der Waals surface area contributed by atoms with Crippen LogP contribution >= 0.6 is 0 Å². The lowest BCUT2D eigenvalue weighted by atomic mass is 10.2. The molecule has 7 nitrogen and oxygen atoms in total. The lowest BCUT2D eigenvalue weighted by Gasteiger charge is -2.08. The van der Waals surface area contributed by atoms with Gasteiger partial charge in [0.25, 0.3) is 11.8 Å². The molecule has 3 N–H and O–H groups in total. The Morgan fingerprint density at radius 1 is 0.714 bits per heavy atom. The molecule has 0 aliphatic heterocycles. The van der Waals surface area contributed by atoms with E-state index in [0.29, 0.717) is 22.6 Å². The van der Waals surface area contributed by atoms with E-state index in [4.69, 9.17) is 0 Å². The molecule has 0 radical (unpaired) electrons. The van der Waals surface area contributed by atoms with E-state index in [0.717, 1.165) is 0 Å². The summed E-state index contributed by atoms with van der Waals surface area (Å²) < 4.78 is 0. The highest BCUT2D eigenvalue weighted by molar-refractivity contribution is 6.07. The fraction of sp³-hybridized carbons (Fsp3) is 0.0476. The lowest BCUT2D eigenvalue weighted by Crippen LogP contribution is -2.17. The Kier molecular flexibility index (Phi) is 5.76. The van der Waals surface area contributed by atoms with Crippen LogP contribution in [0.25, 0.3) is 0 Å². The number of carbonyl (C=O) groups excluding carboxylic acids is 3. The maximum absolute atomic E-state index is 12.4. The first-order valence-electron chi connectivity index (χ1n) is 8.53. The van der Waals surface area contributed by atoms with Gasteiger partial charge < -0.3 is 16.0 Å². The molecule has 3 amide bonds. The number of rotatable bonds is 5. The van der Waals surface area contributed by atoms with Crippen molar-refractivity contribution in [2.45, 2.75) is 6.92 Å². The van der Waals surface area contributed by atoms with Gasteiger partial charge >= 0.3 is 0 Å². The van der Waals surface area contributed by atoms with Crippen LogP contribution in [0.3, 0.4) is 0 Å².